The molecule has 1 aromatic heterocycles. The fraction of sp³-hybridized carbons (Fsp3) is 0.571. The summed E-state index contributed by atoms with van der Waals surface area (Å²) in [6.45, 7) is 2.16. The number of amides is 1. The fourth-order valence-electron chi connectivity index (χ4n) is 2.49. The molecule has 0 spiro atoms. The number of carbonyl (C=O) groups excluding carboxylic acids is 1. The summed E-state index contributed by atoms with van der Waals surface area (Å²) in [5.74, 6) is -0.141. The van der Waals surface area contributed by atoms with Crippen LogP contribution in [0.4, 0.5) is 5.69 Å². The summed E-state index contributed by atoms with van der Waals surface area (Å²) in [6.07, 6.45) is 5.21. The summed E-state index contributed by atoms with van der Waals surface area (Å²) in [6, 6.07) is 4.34. The highest BCUT2D eigenvalue weighted by molar-refractivity contribution is 5.92. The Hall–Kier alpha value is -1.62. The second-order valence-corrected chi connectivity index (χ2v) is 4.92. The Kier molecular flexibility index (Phi) is 4.74. The predicted octanol–water partition coefficient (Wildman–Crippen LogP) is 1.02. The third-order valence-corrected chi connectivity index (χ3v) is 3.70. The van der Waals surface area contributed by atoms with E-state index in [1.165, 1.54) is 12.8 Å². The smallest absolute Gasteiger partial charge is 0.269 e. The lowest BCUT2D eigenvalue weighted by atomic mass is 10.1. The van der Waals surface area contributed by atoms with Gasteiger partial charge in [0.25, 0.3) is 5.91 Å². The molecule has 19 heavy (non-hydrogen) atoms. The van der Waals surface area contributed by atoms with Crippen LogP contribution in [0.5, 0.6) is 0 Å². The lowest BCUT2D eigenvalue weighted by Crippen LogP contribution is -2.32. The molecule has 1 amide bonds. The van der Waals surface area contributed by atoms with Crippen LogP contribution in [0.25, 0.3) is 0 Å². The largest absolute Gasteiger partial charge is 0.371 e. The van der Waals surface area contributed by atoms with Crippen molar-refractivity contribution >= 4 is 11.6 Å². The van der Waals surface area contributed by atoms with Crippen LogP contribution in [0.2, 0.25) is 0 Å². The van der Waals surface area contributed by atoms with Gasteiger partial charge in [0.2, 0.25) is 0 Å². The third-order valence-electron chi connectivity index (χ3n) is 3.70. The maximum atomic E-state index is 11.6. The van der Waals surface area contributed by atoms with Crippen LogP contribution in [0, 0.1) is 0 Å². The topological polar surface area (TPSA) is 57.3 Å². The number of aromatic nitrogens is 1. The van der Waals surface area contributed by atoms with Gasteiger partial charge in [-0.1, -0.05) is 0 Å². The van der Waals surface area contributed by atoms with Crippen molar-refractivity contribution in [3.8, 4) is 0 Å². The van der Waals surface area contributed by atoms with E-state index in [1.807, 2.05) is 12.1 Å². The average Bonchev–Trinajstić information content (AvgIpc) is 2.75. The van der Waals surface area contributed by atoms with Crippen LogP contribution in [0.3, 0.4) is 0 Å². The first kappa shape index (κ1) is 13.8. The van der Waals surface area contributed by atoms with Gasteiger partial charge < -0.3 is 15.5 Å². The van der Waals surface area contributed by atoms with Crippen molar-refractivity contribution in [3.05, 3.63) is 24.0 Å². The molecule has 5 heteroatoms. The van der Waals surface area contributed by atoms with Gasteiger partial charge in [-0.15, -0.1) is 0 Å². The molecule has 1 aromatic rings. The minimum absolute atomic E-state index is 0.141. The monoisotopic (exact) mass is 262 g/mol. The van der Waals surface area contributed by atoms with E-state index in [-0.39, 0.29) is 5.91 Å². The molecule has 0 aliphatic carbocycles. The van der Waals surface area contributed by atoms with Gasteiger partial charge in [-0.2, -0.15) is 0 Å². The number of pyridine rings is 1. The number of carbonyl (C=O) groups is 1. The van der Waals surface area contributed by atoms with E-state index in [9.17, 15) is 4.79 Å². The van der Waals surface area contributed by atoms with Crippen molar-refractivity contribution < 1.29 is 4.79 Å². The van der Waals surface area contributed by atoms with E-state index in [2.05, 4.69) is 27.6 Å². The van der Waals surface area contributed by atoms with Gasteiger partial charge in [0.05, 0.1) is 0 Å². The highest BCUT2D eigenvalue weighted by atomic mass is 16.1. The number of anilines is 1. The summed E-state index contributed by atoms with van der Waals surface area (Å²) in [7, 11) is 3.72. The van der Waals surface area contributed by atoms with Crippen molar-refractivity contribution in [3.63, 3.8) is 0 Å². The Morgan fingerprint density at radius 1 is 1.47 bits per heavy atom. The average molecular weight is 262 g/mol. The molecule has 0 aromatic carbocycles. The van der Waals surface area contributed by atoms with Crippen molar-refractivity contribution in [1.29, 1.82) is 0 Å². The molecule has 1 fully saturated rings. The molecule has 1 aliphatic rings. The minimum Gasteiger partial charge on any atom is -0.371 e. The summed E-state index contributed by atoms with van der Waals surface area (Å²) in [5.41, 5.74) is 1.53. The zero-order valence-electron chi connectivity index (χ0n) is 11.6. The Morgan fingerprint density at radius 3 is 3.11 bits per heavy atom. The molecule has 5 nitrogen and oxygen atoms in total. The number of nitrogens with zero attached hydrogens (tertiary/aromatic N) is 2. The van der Waals surface area contributed by atoms with Crippen LogP contribution in [0.1, 0.15) is 29.8 Å². The zero-order valence-corrected chi connectivity index (χ0v) is 11.6. The summed E-state index contributed by atoms with van der Waals surface area (Å²) in [4.78, 5) is 18.0. The van der Waals surface area contributed by atoms with E-state index < -0.39 is 0 Å². The zero-order chi connectivity index (χ0) is 13.7. The predicted molar refractivity (Wildman–Crippen MR) is 76.5 cm³/mol. The molecule has 1 saturated heterocycles. The molecule has 1 aliphatic heterocycles. The summed E-state index contributed by atoms with van der Waals surface area (Å²) < 4.78 is 0. The minimum atomic E-state index is -0.141. The van der Waals surface area contributed by atoms with Gasteiger partial charge in [-0.05, 0) is 44.5 Å². The van der Waals surface area contributed by atoms with Crippen LogP contribution < -0.4 is 15.5 Å². The molecule has 0 bridgehead atoms. The van der Waals surface area contributed by atoms with Crippen molar-refractivity contribution in [2.24, 2.45) is 0 Å². The highest BCUT2D eigenvalue weighted by Gasteiger charge is 2.18. The van der Waals surface area contributed by atoms with Crippen LogP contribution in [-0.4, -0.2) is 44.1 Å². The molecule has 0 radical (unpaired) electrons. The van der Waals surface area contributed by atoms with E-state index >= 15 is 0 Å². The fourth-order valence-corrected chi connectivity index (χ4v) is 2.49. The maximum absolute atomic E-state index is 11.6. The first-order valence-electron chi connectivity index (χ1n) is 6.84. The number of rotatable bonds is 3. The van der Waals surface area contributed by atoms with Gasteiger partial charge >= 0.3 is 0 Å². The molecule has 2 N–H and O–H groups in total. The Bertz CT molecular complexity index is 427. The standard InChI is InChI=1S/C14H22N4O/c1-15-14(19)13-10-12(6-9-17-13)18(2)11-4-3-7-16-8-5-11/h6,9-11,16H,3-5,7-8H2,1-2H3,(H,15,19). The highest BCUT2D eigenvalue weighted by Crippen LogP contribution is 2.20. The first-order chi connectivity index (χ1) is 9.22. The van der Waals surface area contributed by atoms with E-state index in [0.717, 1.165) is 25.2 Å². The van der Waals surface area contributed by atoms with Gasteiger partial charge in [0.1, 0.15) is 5.69 Å². The van der Waals surface area contributed by atoms with Gasteiger partial charge in [0, 0.05) is 32.0 Å². The molecule has 2 heterocycles. The van der Waals surface area contributed by atoms with Crippen LogP contribution >= 0.6 is 0 Å². The molecule has 0 saturated carbocycles. The Balaban J connectivity index is 2.13. The number of hydrogen-bond acceptors (Lipinski definition) is 4. The van der Waals surface area contributed by atoms with Gasteiger partial charge in [-0.3, -0.25) is 9.78 Å². The van der Waals surface area contributed by atoms with Crippen molar-refractivity contribution in [1.82, 2.24) is 15.6 Å². The molecule has 104 valence electrons. The lowest BCUT2D eigenvalue weighted by Gasteiger charge is -2.29. The molecular weight excluding hydrogens is 240 g/mol. The summed E-state index contributed by atoms with van der Waals surface area (Å²) in [5, 5.41) is 6.03. The number of nitrogens with one attached hydrogen (secondary N) is 2. The normalized spacial score (nSPS) is 19.6. The lowest BCUT2D eigenvalue weighted by molar-refractivity contribution is 0.0958. The second-order valence-electron chi connectivity index (χ2n) is 4.92. The molecular formula is C14H22N4O. The Morgan fingerprint density at radius 2 is 2.32 bits per heavy atom. The van der Waals surface area contributed by atoms with E-state index in [1.54, 1.807) is 13.2 Å². The van der Waals surface area contributed by atoms with Gasteiger partial charge in [0.15, 0.2) is 0 Å². The van der Waals surface area contributed by atoms with Crippen LogP contribution in [-0.2, 0) is 0 Å². The van der Waals surface area contributed by atoms with E-state index in [0.29, 0.717) is 11.7 Å². The molecule has 1 atom stereocenters. The summed E-state index contributed by atoms with van der Waals surface area (Å²) >= 11 is 0. The third kappa shape index (κ3) is 3.44. The van der Waals surface area contributed by atoms with Crippen molar-refractivity contribution in [2.75, 3.05) is 32.1 Å². The van der Waals surface area contributed by atoms with Crippen molar-refractivity contribution in [2.45, 2.75) is 25.3 Å². The van der Waals surface area contributed by atoms with Crippen LogP contribution in [0.15, 0.2) is 18.3 Å². The van der Waals surface area contributed by atoms with Gasteiger partial charge in [-0.25, -0.2) is 0 Å². The van der Waals surface area contributed by atoms with E-state index in [4.69, 9.17) is 0 Å². The molecule has 1 unspecified atom stereocenters. The quantitative estimate of drug-likeness (QED) is 0.854. The number of hydrogen-bond donors (Lipinski definition) is 2. The molecule has 2 rings (SSSR count). The maximum Gasteiger partial charge on any atom is 0.269 e. The first-order valence-corrected chi connectivity index (χ1v) is 6.84. The SMILES string of the molecule is CNC(=O)c1cc(N(C)C2CCCNCC2)ccn1. The second kappa shape index (κ2) is 6.52. The Labute approximate surface area is 114 Å².